The monoisotopic (exact) mass is 1330 g/mol. The van der Waals surface area contributed by atoms with E-state index in [9.17, 15) is 110 Å². The summed E-state index contributed by atoms with van der Waals surface area (Å²) < 4.78 is 349. The number of pyridine rings is 1. The molecule has 0 N–H and O–H groups in total. The first-order chi connectivity index (χ1) is 42.1. The van der Waals surface area contributed by atoms with Gasteiger partial charge in [0.2, 0.25) is 12.3 Å². The highest BCUT2D eigenvalue weighted by atomic mass is 19.4. The van der Waals surface area contributed by atoms with E-state index in [-0.39, 0.29) is 5.78 Å². The van der Waals surface area contributed by atoms with Gasteiger partial charge in [-0.25, -0.2) is 0 Å². The number of hydrogen-bond donors (Lipinski definition) is 0. The highest BCUT2D eigenvalue weighted by Crippen LogP contribution is 2.42. The fourth-order valence-corrected chi connectivity index (χ4v) is 10.4. The second-order valence-corrected chi connectivity index (χ2v) is 21.9. The molecule has 0 radical (unpaired) electrons. The molecule has 0 aliphatic heterocycles. The normalized spacial score (nSPS) is 13.1. The summed E-state index contributed by atoms with van der Waals surface area (Å²) in [5, 5.41) is 0. The molecule has 500 valence electrons. The molecule has 3 nitrogen and oxygen atoms in total. The first-order valence-corrected chi connectivity index (χ1v) is 28.6. The van der Waals surface area contributed by atoms with Crippen molar-refractivity contribution in [2.24, 2.45) is 0 Å². The molecular weight excluding hydrogens is 1270 g/mol. The standard InChI is InChI=1S/C32H12BF24.C31H48NO2/c34-25(35,36)13-1-14(26(37,38)39)6-21(5-13)33(22-7-15(27(40,41)42)2-16(8-22)28(43,44)45,23-9-17(29(46,47)48)3-18(10-23)30(49,50)51)24-11-19(31(52,53)54)4-20(12-24)32(55,56)57;1-2-3-4-5-6-7-8-9-10-11-12-13-14-15-16-20-27-34-30-23-21-29(22-24-30)31(33)28-32-25-18-17-19-26-32/h1-12H;17-19,21-26H,2-16,20,27-28H2,1H3/q-1;+1. The second kappa shape index (κ2) is 30.7. The van der Waals surface area contributed by atoms with Crippen molar-refractivity contribution in [2.75, 3.05) is 6.61 Å². The number of hydrogen-bond acceptors (Lipinski definition) is 2. The van der Waals surface area contributed by atoms with Gasteiger partial charge in [0.25, 0.3) is 0 Å². The van der Waals surface area contributed by atoms with Crippen LogP contribution < -0.4 is 31.2 Å². The predicted octanol–water partition coefficient (Wildman–Crippen LogP) is 19.7. The first-order valence-electron chi connectivity index (χ1n) is 28.6. The lowest BCUT2D eigenvalue weighted by Crippen LogP contribution is -2.75. The van der Waals surface area contributed by atoms with E-state index in [1.807, 2.05) is 59.4 Å². The van der Waals surface area contributed by atoms with Crippen LogP contribution >= 0.6 is 0 Å². The summed E-state index contributed by atoms with van der Waals surface area (Å²) in [6.07, 6.45) is -28.9. The van der Waals surface area contributed by atoms with Gasteiger partial charge in [-0.1, -0.05) is 158 Å². The minimum Gasteiger partial charge on any atom is -0.494 e. The molecule has 91 heavy (non-hydrogen) atoms. The molecule has 6 rings (SSSR count). The molecule has 0 aliphatic rings. The third kappa shape index (κ3) is 21.9. The van der Waals surface area contributed by atoms with Gasteiger partial charge >= 0.3 is 49.4 Å². The Morgan fingerprint density at radius 1 is 0.341 bits per heavy atom. The van der Waals surface area contributed by atoms with Crippen LogP contribution in [0.1, 0.15) is 165 Å². The van der Waals surface area contributed by atoms with Gasteiger partial charge in [-0.15, -0.1) is 0 Å². The van der Waals surface area contributed by atoms with Crippen LogP contribution in [-0.4, -0.2) is 18.5 Å². The van der Waals surface area contributed by atoms with Gasteiger partial charge in [-0.2, -0.15) is 132 Å². The molecule has 0 amide bonds. The van der Waals surface area contributed by atoms with E-state index in [0.29, 0.717) is 6.54 Å². The summed E-state index contributed by atoms with van der Waals surface area (Å²) in [5.74, 6) is 0.963. The number of ether oxygens (including phenoxy) is 1. The number of carbonyl (C=O) groups is 1. The van der Waals surface area contributed by atoms with Gasteiger partial charge < -0.3 is 4.74 Å². The molecule has 0 saturated heterocycles. The number of halogens is 24. The van der Waals surface area contributed by atoms with Crippen molar-refractivity contribution in [1.29, 1.82) is 0 Å². The predicted molar refractivity (Wildman–Crippen MR) is 293 cm³/mol. The highest BCUT2D eigenvalue weighted by molar-refractivity contribution is 7.20. The summed E-state index contributed by atoms with van der Waals surface area (Å²) in [6.45, 7) is 3.40. The Morgan fingerprint density at radius 2 is 0.582 bits per heavy atom. The molecule has 28 heteroatoms. The Hall–Kier alpha value is -6.90. The van der Waals surface area contributed by atoms with Gasteiger partial charge in [-0.3, -0.25) is 4.79 Å². The average molecular weight is 1330 g/mol. The highest BCUT2D eigenvalue weighted by Gasteiger charge is 2.47. The van der Waals surface area contributed by atoms with Gasteiger partial charge in [0.15, 0.2) is 12.4 Å². The van der Waals surface area contributed by atoms with Crippen molar-refractivity contribution in [2.45, 2.75) is 166 Å². The van der Waals surface area contributed by atoms with Crippen LogP contribution in [0.5, 0.6) is 5.75 Å². The quantitative estimate of drug-likeness (QED) is 0.0188. The molecule has 6 aromatic rings. The Morgan fingerprint density at radius 3 is 0.824 bits per heavy atom. The molecule has 0 aliphatic carbocycles. The summed E-state index contributed by atoms with van der Waals surface area (Å²) in [7, 11) is 0. The summed E-state index contributed by atoms with van der Waals surface area (Å²) in [4.78, 5) is 12.4. The second-order valence-electron chi connectivity index (χ2n) is 21.9. The molecule has 0 atom stereocenters. The molecule has 0 bridgehead atoms. The zero-order valence-electron chi connectivity index (χ0n) is 48.3. The van der Waals surface area contributed by atoms with Crippen molar-refractivity contribution in [1.82, 2.24) is 0 Å². The van der Waals surface area contributed by atoms with E-state index in [2.05, 4.69) is 6.92 Å². The number of nitrogens with zero attached hydrogens (tertiary/aromatic N) is 1. The number of aromatic nitrogens is 1. The van der Waals surface area contributed by atoms with Crippen LogP contribution in [-0.2, 0) is 56.0 Å². The Bertz CT molecular complexity index is 2850. The maximum Gasteiger partial charge on any atom is 0.416 e. The lowest BCUT2D eigenvalue weighted by molar-refractivity contribution is -0.683. The Labute approximate surface area is 507 Å². The third-order valence-electron chi connectivity index (χ3n) is 15.0. The minimum atomic E-state index is -6.13. The number of alkyl halides is 24. The van der Waals surface area contributed by atoms with E-state index in [0.717, 1.165) is 24.3 Å². The van der Waals surface area contributed by atoms with Crippen molar-refractivity contribution in [3.05, 3.63) is 178 Å². The van der Waals surface area contributed by atoms with Crippen molar-refractivity contribution in [3.8, 4) is 5.75 Å². The number of benzene rings is 5. The smallest absolute Gasteiger partial charge is 0.416 e. The lowest BCUT2D eigenvalue weighted by Gasteiger charge is -2.46. The molecule has 0 spiro atoms. The molecule has 0 saturated carbocycles. The molecule has 1 heterocycles. The summed E-state index contributed by atoms with van der Waals surface area (Å²) in [5.41, 5.74) is -29.5. The Balaban J connectivity index is 0.000000377. The lowest BCUT2D eigenvalue weighted by atomic mass is 9.12. The van der Waals surface area contributed by atoms with Crippen molar-refractivity contribution < 1.29 is 119 Å². The zero-order valence-corrected chi connectivity index (χ0v) is 48.3. The van der Waals surface area contributed by atoms with Gasteiger partial charge in [0.1, 0.15) is 11.9 Å². The molecule has 0 fully saturated rings. The molecule has 0 unspecified atom stereocenters. The molecule has 1 aromatic heterocycles. The number of carbonyl (C=O) groups excluding carboxylic acids is 1. The zero-order chi connectivity index (χ0) is 68.0. The maximum atomic E-state index is 14.2. The van der Waals surface area contributed by atoms with E-state index in [4.69, 9.17) is 4.74 Å². The SMILES string of the molecule is CCCCCCCCCCCCCCCCCCOc1ccc(C(=O)C[n+]2ccccc2)cc1.FC(F)(F)c1cc([B-](c2cc(C(F)(F)F)cc(C(F)(F)F)c2)(c2cc(C(F)(F)F)cc(C(F)(F)F)c2)c2cc(C(F)(F)F)cc(C(F)(F)F)c2)cc(C(F)(F)F)c1. The van der Waals surface area contributed by atoms with Crippen LogP contribution in [0.2, 0.25) is 0 Å². The maximum absolute atomic E-state index is 14.2. The Kier molecular flexibility index (Phi) is 25.2. The molecule has 5 aromatic carbocycles. The average Bonchev–Trinajstić information content (AvgIpc) is 0.710. The van der Waals surface area contributed by atoms with Crippen LogP contribution in [0.25, 0.3) is 0 Å². The van der Waals surface area contributed by atoms with Crippen LogP contribution in [0.3, 0.4) is 0 Å². The number of ketones is 1. The topological polar surface area (TPSA) is 30.2 Å². The summed E-state index contributed by atoms with van der Waals surface area (Å²) >= 11 is 0. The van der Waals surface area contributed by atoms with Crippen LogP contribution in [0, 0.1) is 0 Å². The van der Waals surface area contributed by atoms with Gasteiger partial charge in [-0.05, 0) is 55.0 Å². The fourth-order valence-electron chi connectivity index (χ4n) is 10.4. The van der Waals surface area contributed by atoms with Crippen LogP contribution in [0.15, 0.2) is 128 Å². The van der Waals surface area contributed by atoms with Gasteiger partial charge in [0.05, 0.1) is 51.1 Å². The van der Waals surface area contributed by atoms with E-state index in [1.54, 1.807) is 0 Å². The summed E-state index contributed by atoms with van der Waals surface area (Å²) in [6, 6.07) is 4.57. The van der Waals surface area contributed by atoms with E-state index < -0.39 is 195 Å². The number of Topliss-reactive ketones (excluding diaryl/α,β-unsaturated/α-hetero) is 1. The molecular formula is C63H60BF24NO2. The van der Waals surface area contributed by atoms with E-state index >= 15 is 0 Å². The number of rotatable bonds is 25. The minimum absolute atomic E-state index is 0.112. The van der Waals surface area contributed by atoms with Crippen molar-refractivity contribution in [3.63, 3.8) is 0 Å². The third-order valence-corrected chi connectivity index (χ3v) is 15.0. The number of unbranched alkanes of at least 4 members (excludes halogenated alkanes) is 15. The van der Waals surface area contributed by atoms with E-state index in [1.165, 1.54) is 96.3 Å². The van der Waals surface area contributed by atoms with Crippen molar-refractivity contribution >= 4 is 33.8 Å². The van der Waals surface area contributed by atoms with Gasteiger partial charge in [0, 0.05) is 17.7 Å². The largest absolute Gasteiger partial charge is 0.494 e. The fraction of sp³-hybridized carbons (Fsp3) is 0.429. The van der Waals surface area contributed by atoms with Crippen LogP contribution in [0.4, 0.5) is 105 Å². The first kappa shape index (κ1) is 74.8.